The quantitative estimate of drug-likeness (QED) is 0.270. The van der Waals surface area contributed by atoms with E-state index in [1.807, 2.05) is 30.3 Å². The second-order valence-electron chi connectivity index (χ2n) is 8.27. The lowest BCUT2D eigenvalue weighted by molar-refractivity contribution is 0.198. The lowest BCUT2D eigenvalue weighted by Crippen LogP contribution is -2.27. The molecule has 0 aliphatic rings. The highest BCUT2D eigenvalue weighted by molar-refractivity contribution is 5.79. The van der Waals surface area contributed by atoms with E-state index in [0.29, 0.717) is 18.0 Å². The van der Waals surface area contributed by atoms with Gasteiger partial charge in [0, 0.05) is 24.2 Å². The molecule has 0 aliphatic carbocycles. The number of carbonyl (C=O) groups is 1. The number of rotatable bonds is 10. The molecule has 1 aromatic heterocycles. The molecule has 0 atom stereocenters. The van der Waals surface area contributed by atoms with Gasteiger partial charge in [-0.3, -0.25) is 0 Å². The summed E-state index contributed by atoms with van der Waals surface area (Å²) < 4.78 is 12.9. The van der Waals surface area contributed by atoms with Gasteiger partial charge >= 0.3 is 6.09 Å². The molecule has 0 unspecified atom stereocenters. The summed E-state index contributed by atoms with van der Waals surface area (Å²) >= 11 is 0. The molecular formula is C29H31N3O3. The summed E-state index contributed by atoms with van der Waals surface area (Å²) in [7, 11) is 1.55. The molecule has 4 aromatic rings. The van der Waals surface area contributed by atoms with Gasteiger partial charge in [-0.1, -0.05) is 72.8 Å². The third-order valence-electron chi connectivity index (χ3n) is 5.85. The van der Waals surface area contributed by atoms with Crippen LogP contribution in [-0.2, 0) is 6.54 Å². The third-order valence-corrected chi connectivity index (χ3v) is 5.85. The molecule has 3 aromatic carbocycles. The number of amides is 1. The van der Waals surface area contributed by atoms with Crippen molar-refractivity contribution in [3.63, 3.8) is 0 Å². The highest BCUT2D eigenvalue weighted by Crippen LogP contribution is 2.33. The van der Waals surface area contributed by atoms with E-state index in [1.165, 1.54) is 0 Å². The van der Waals surface area contributed by atoms with Crippen molar-refractivity contribution >= 4 is 6.09 Å². The van der Waals surface area contributed by atoms with Gasteiger partial charge in [0.15, 0.2) is 11.5 Å². The van der Waals surface area contributed by atoms with E-state index in [-0.39, 0.29) is 0 Å². The predicted octanol–water partition coefficient (Wildman–Crippen LogP) is 6.49. The minimum atomic E-state index is -0.473. The first-order chi connectivity index (χ1) is 17.2. The molecule has 35 heavy (non-hydrogen) atoms. The first-order valence-corrected chi connectivity index (χ1v) is 11.9. The highest BCUT2D eigenvalue weighted by atomic mass is 16.6. The van der Waals surface area contributed by atoms with Gasteiger partial charge < -0.3 is 19.4 Å². The number of imidazole rings is 1. The van der Waals surface area contributed by atoms with Gasteiger partial charge in [0.2, 0.25) is 0 Å². The van der Waals surface area contributed by atoms with Crippen molar-refractivity contribution in [3.8, 4) is 34.0 Å². The Morgan fingerprint density at radius 2 is 1.46 bits per heavy atom. The van der Waals surface area contributed by atoms with Crippen LogP contribution in [0.25, 0.3) is 22.5 Å². The summed E-state index contributed by atoms with van der Waals surface area (Å²) in [6.07, 6.45) is 2.34. The third kappa shape index (κ3) is 6.09. The van der Waals surface area contributed by atoms with E-state index < -0.39 is 6.09 Å². The number of aryl methyl sites for hydroxylation is 1. The topological polar surface area (TPSA) is 65.4 Å². The van der Waals surface area contributed by atoms with Crippen LogP contribution in [0.15, 0.2) is 84.9 Å². The number of ether oxygens (including phenoxy) is 2. The standard InChI is InChI=1S/C29H31N3O3/c1-22-31-27(23-14-6-3-7-15-23)28(24-16-8-4-9-17-24)32(22)21-13-5-12-20-30-29(33)35-26-19-11-10-18-25(26)34-2/h3-4,6-11,14-19H,5,12-13,20-21H2,1-2H3,(H,30,33). The molecule has 0 spiro atoms. The summed E-state index contributed by atoms with van der Waals surface area (Å²) in [5.74, 6) is 1.94. The lowest BCUT2D eigenvalue weighted by atomic mass is 10.0. The van der Waals surface area contributed by atoms with E-state index in [4.69, 9.17) is 14.5 Å². The largest absolute Gasteiger partial charge is 0.493 e. The van der Waals surface area contributed by atoms with E-state index in [2.05, 4.69) is 53.2 Å². The molecule has 0 fully saturated rings. The van der Waals surface area contributed by atoms with Crippen molar-refractivity contribution in [3.05, 3.63) is 90.8 Å². The average Bonchev–Trinajstić information content (AvgIpc) is 3.23. The monoisotopic (exact) mass is 469 g/mol. The van der Waals surface area contributed by atoms with Crippen LogP contribution < -0.4 is 14.8 Å². The normalized spacial score (nSPS) is 10.7. The molecule has 180 valence electrons. The Kier molecular flexibility index (Phi) is 8.17. The lowest BCUT2D eigenvalue weighted by Gasteiger charge is -2.12. The molecule has 1 N–H and O–H groups in total. The van der Waals surface area contributed by atoms with Gasteiger partial charge in [-0.15, -0.1) is 0 Å². The Morgan fingerprint density at radius 1 is 0.829 bits per heavy atom. The SMILES string of the molecule is COc1ccccc1OC(=O)NCCCCCn1c(C)nc(-c2ccccc2)c1-c1ccccc1. The first-order valence-electron chi connectivity index (χ1n) is 11.9. The van der Waals surface area contributed by atoms with Crippen LogP contribution in [0, 0.1) is 6.92 Å². The second kappa shape index (κ2) is 11.9. The number of hydrogen-bond acceptors (Lipinski definition) is 4. The van der Waals surface area contributed by atoms with E-state index in [0.717, 1.165) is 54.1 Å². The van der Waals surface area contributed by atoms with Crippen LogP contribution >= 0.6 is 0 Å². The van der Waals surface area contributed by atoms with E-state index in [1.54, 1.807) is 25.3 Å². The van der Waals surface area contributed by atoms with Crippen LogP contribution in [0.1, 0.15) is 25.1 Å². The van der Waals surface area contributed by atoms with Gasteiger partial charge in [-0.05, 0) is 38.3 Å². The van der Waals surface area contributed by atoms with Crippen molar-refractivity contribution in [2.75, 3.05) is 13.7 Å². The average molecular weight is 470 g/mol. The molecule has 1 amide bonds. The zero-order valence-corrected chi connectivity index (χ0v) is 20.2. The number of para-hydroxylation sites is 2. The molecule has 4 rings (SSSR count). The number of unbranched alkanes of at least 4 members (excludes halogenated alkanes) is 2. The Bertz CT molecular complexity index is 1240. The van der Waals surface area contributed by atoms with Crippen molar-refractivity contribution < 1.29 is 14.3 Å². The maximum Gasteiger partial charge on any atom is 0.412 e. The molecule has 0 aliphatic heterocycles. The zero-order chi connectivity index (χ0) is 24.5. The van der Waals surface area contributed by atoms with Crippen molar-refractivity contribution in [1.29, 1.82) is 0 Å². The summed E-state index contributed by atoms with van der Waals surface area (Å²) in [6.45, 7) is 3.48. The summed E-state index contributed by atoms with van der Waals surface area (Å²) in [4.78, 5) is 17.0. The van der Waals surface area contributed by atoms with Gasteiger partial charge in [0.1, 0.15) is 5.82 Å². The summed E-state index contributed by atoms with van der Waals surface area (Å²) in [5.41, 5.74) is 4.43. The maximum absolute atomic E-state index is 12.1. The number of carbonyl (C=O) groups excluding carboxylic acids is 1. The maximum atomic E-state index is 12.1. The first kappa shape index (κ1) is 24.1. The van der Waals surface area contributed by atoms with Gasteiger partial charge in [0.25, 0.3) is 0 Å². The minimum absolute atomic E-state index is 0.408. The van der Waals surface area contributed by atoms with Crippen molar-refractivity contribution in [2.45, 2.75) is 32.7 Å². The van der Waals surface area contributed by atoms with E-state index >= 15 is 0 Å². The molecule has 0 radical (unpaired) electrons. The molecule has 0 saturated heterocycles. The molecular weight excluding hydrogens is 438 g/mol. The van der Waals surface area contributed by atoms with Crippen LogP contribution in [-0.4, -0.2) is 29.3 Å². The van der Waals surface area contributed by atoms with Gasteiger partial charge in [-0.2, -0.15) is 0 Å². The minimum Gasteiger partial charge on any atom is -0.493 e. The number of aromatic nitrogens is 2. The Labute approximate surface area is 206 Å². The number of hydrogen-bond donors (Lipinski definition) is 1. The number of methoxy groups -OCH3 is 1. The fraction of sp³-hybridized carbons (Fsp3) is 0.241. The highest BCUT2D eigenvalue weighted by Gasteiger charge is 2.17. The fourth-order valence-electron chi connectivity index (χ4n) is 4.13. The smallest absolute Gasteiger partial charge is 0.412 e. The summed E-state index contributed by atoms with van der Waals surface area (Å²) in [6, 6.07) is 27.9. The Hall–Kier alpha value is -4.06. The van der Waals surface area contributed by atoms with Crippen LogP contribution in [0.4, 0.5) is 4.79 Å². The fourth-order valence-corrected chi connectivity index (χ4v) is 4.13. The second-order valence-corrected chi connectivity index (χ2v) is 8.27. The van der Waals surface area contributed by atoms with Gasteiger partial charge in [0.05, 0.1) is 18.5 Å². The van der Waals surface area contributed by atoms with Crippen LogP contribution in [0.3, 0.4) is 0 Å². The Morgan fingerprint density at radius 3 is 2.14 bits per heavy atom. The predicted molar refractivity (Wildman–Crippen MR) is 139 cm³/mol. The molecule has 0 bridgehead atoms. The number of nitrogens with one attached hydrogen (secondary N) is 1. The van der Waals surface area contributed by atoms with E-state index in [9.17, 15) is 4.79 Å². The Balaban J connectivity index is 1.34. The molecule has 0 saturated carbocycles. The van der Waals surface area contributed by atoms with Crippen LogP contribution in [0.2, 0.25) is 0 Å². The molecule has 6 nitrogen and oxygen atoms in total. The van der Waals surface area contributed by atoms with Crippen LogP contribution in [0.5, 0.6) is 11.5 Å². The zero-order valence-electron chi connectivity index (χ0n) is 20.2. The van der Waals surface area contributed by atoms with Crippen molar-refractivity contribution in [1.82, 2.24) is 14.9 Å². The summed E-state index contributed by atoms with van der Waals surface area (Å²) in [5, 5.41) is 2.82. The van der Waals surface area contributed by atoms with Gasteiger partial charge in [-0.25, -0.2) is 9.78 Å². The number of benzene rings is 3. The van der Waals surface area contributed by atoms with Crippen molar-refractivity contribution in [2.24, 2.45) is 0 Å². The molecule has 1 heterocycles. The molecule has 6 heteroatoms. The number of nitrogens with zero attached hydrogens (tertiary/aromatic N) is 2.